The van der Waals surface area contributed by atoms with Crippen LogP contribution in [0.2, 0.25) is 0 Å². The maximum Gasteiger partial charge on any atom is 0.407 e. The van der Waals surface area contributed by atoms with Gasteiger partial charge in [-0.3, -0.25) is 9.59 Å². The number of carbonyl (C=O) groups excluding carboxylic acids is 4. The highest BCUT2D eigenvalue weighted by Crippen LogP contribution is 2.14. The molecule has 0 radical (unpaired) electrons. The van der Waals surface area contributed by atoms with E-state index in [2.05, 4.69) is 21.3 Å². The van der Waals surface area contributed by atoms with Gasteiger partial charge >= 0.3 is 12.1 Å². The first-order valence-corrected chi connectivity index (χ1v) is 17.5. The number of nitrogens with one attached hydrogen (secondary N) is 4. The number of alkyl carbamates (subject to hydrolysis) is 1. The Hall–Kier alpha value is -4.74. The third kappa shape index (κ3) is 14.2. The Balaban J connectivity index is 1.81. The van der Waals surface area contributed by atoms with Crippen LogP contribution in [0.5, 0.6) is 0 Å². The minimum absolute atomic E-state index is 0.0557. The Morgan fingerprint density at radius 1 is 0.706 bits per heavy atom. The molecule has 11 heteroatoms. The van der Waals surface area contributed by atoms with Gasteiger partial charge in [0.1, 0.15) is 17.7 Å². The van der Waals surface area contributed by atoms with E-state index in [-0.39, 0.29) is 25.3 Å². The topological polar surface area (TPSA) is 155 Å². The smallest absolute Gasteiger partial charge is 0.407 e. The van der Waals surface area contributed by atoms with Crippen molar-refractivity contribution in [2.24, 2.45) is 5.92 Å². The second-order valence-corrected chi connectivity index (χ2v) is 13.8. The Morgan fingerprint density at radius 2 is 1.20 bits per heavy atom. The maximum absolute atomic E-state index is 14.0. The lowest BCUT2D eigenvalue weighted by Gasteiger charge is -2.30. The minimum atomic E-state index is -1.11. The number of methoxy groups -OCH3 is 1. The number of esters is 1. The zero-order chi connectivity index (χ0) is 37.4. The van der Waals surface area contributed by atoms with Crippen molar-refractivity contribution < 1.29 is 33.8 Å². The Morgan fingerprint density at radius 3 is 1.67 bits per heavy atom. The zero-order valence-electron chi connectivity index (χ0n) is 30.6. The first kappa shape index (κ1) is 40.7. The largest absolute Gasteiger partial charge is 0.467 e. The van der Waals surface area contributed by atoms with Crippen LogP contribution in [0.3, 0.4) is 0 Å². The molecule has 6 atom stereocenters. The van der Waals surface area contributed by atoms with Crippen LogP contribution in [-0.2, 0) is 43.1 Å². The molecule has 0 aromatic heterocycles. The lowest BCUT2D eigenvalue weighted by Crippen LogP contribution is -2.59. The summed E-state index contributed by atoms with van der Waals surface area (Å²) in [6, 6.07) is 24.6. The standard InChI is InChI=1S/C40H54N4O7/c1-7-27(2)35(37(47)42-33(38(48)50-6)25-30-21-15-10-16-22-30)44-36(46)32(24-29-19-13-9-14-20-29)41-26-34(45)31(23-28-17-11-8-12-18-28)43-39(49)51-40(3,4)5/h8-22,27,31-35,41,45H,7,23-26H2,1-6H3,(H,42,47)(H,43,49)(H,44,46)/t27-,31-,32-,33-,34?,35-/m0/s1. The van der Waals surface area contributed by atoms with Crippen LogP contribution >= 0.6 is 0 Å². The molecule has 0 heterocycles. The van der Waals surface area contributed by atoms with E-state index in [1.807, 2.05) is 105 Å². The minimum Gasteiger partial charge on any atom is -0.467 e. The van der Waals surface area contributed by atoms with Crippen LogP contribution in [0.4, 0.5) is 4.79 Å². The molecule has 5 N–H and O–H groups in total. The maximum atomic E-state index is 14.0. The summed E-state index contributed by atoms with van der Waals surface area (Å²) in [5.41, 5.74) is 1.87. The van der Waals surface area contributed by atoms with Crippen molar-refractivity contribution in [2.45, 2.75) is 96.2 Å². The third-order valence-corrected chi connectivity index (χ3v) is 8.52. The molecular weight excluding hydrogens is 648 g/mol. The van der Waals surface area contributed by atoms with Gasteiger partial charge in [-0.25, -0.2) is 9.59 Å². The number of ether oxygens (including phenoxy) is 2. The number of benzene rings is 3. The molecule has 0 bridgehead atoms. The summed E-state index contributed by atoms with van der Waals surface area (Å²) in [5, 5.41) is 23.2. The van der Waals surface area contributed by atoms with E-state index in [0.29, 0.717) is 12.8 Å². The molecule has 0 saturated heterocycles. The van der Waals surface area contributed by atoms with Crippen LogP contribution < -0.4 is 21.3 Å². The number of aliphatic hydroxyl groups excluding tert-OH is 1. The summed E-state index contributed by atoms with van der Waals surface area (Å²) in [6.45, 7) is 8.99. The average Bonchev–Trinajstić information content (AvgIpc) is 3.11. The monoisotopic (exact) mass is 702 g/mol. The lowest BCUT2D eigenvalue weighted by atomic mass is 9.96. The van der Waals surface area contributed by atoms with Gasteiger partial charge in [-0.2, -0.15) is 0 Å². The van der Waals surface area contributed by atoms with E-state index >= 15 is 0 Å². The van der Waals surface area contributed by atoms with Gasteiger partial charge in [0.2, 0.25) is 11.8 Å². The molecule has 1 unspecified atom stereocenters. The van der Waals surface area contributed by atoms with Crippen molar-refractivity contribution in [3.63, 3.8) is 0 Å². The highest BCUT2D eigenvalue weighted by molar-refractivity contribution is 5.92. The molecule has 51 heavy (non-hydrogen) atoms. The molecule has 0 aliphatic rings. The normalized spacial score (nSPS) is 14.9. The fourth-order valence-corrected chi connectivity index (χ4v) is 5.53. The summed E-state index contributed by atoms with van der Waals surface area (Å²) in [5.74, 6) is -1.83. The molecule has 0 fully saturated rings. The Labute approximate surface area is 301 Å². The second kappa shape index (κ2) is 20.2. The zero-order valence-corrected chi connectivity index (χ0v) is 30.6. The number of carbonyl (C=O) groups is 4. The molecule has 11 nitrogen and oxygen atoms in total. The number of hydrogen-bond donors (Lipinski definition) is 5. The van der Waals surface area contributed by atoms with Gasteiger partial charge in [0.05, 0.1) is 25.3 Å². The number of rotatable bonds is 18. The summed E-state index contributed by atoms with van der Waals surface area (Å²) in [7, 11) is 1.27. The predicted molar refractivity (Wildman–Crippen MR) is 197 cm³/mol. The fraction of sp³-hybridized carbons (Fsp3) is 0.450. The molecule has 3 rings (SSSR count). The van der Waals surface area contributed by atoms with Gasteiger partial charge in [0.25, 0.3) is 0 Å². The highest BCUT2D eigenvalue weighted by Gasteiger charge is 2.33. The third-order valence-electron chi connectivity index (χ3n) is 8.52. The van der Waals surface area contributed by atoms with Crippen LogP contribution in [0, 0.1) is 5.92 Å². The van der Waals surface area contributed by atoms with Crippen molar-refractivity contribution >= 4 is 23.9 Å². The van der Waals surface area contributed by atoms with E-state index in [0.717, 1.165) is 16.7 Å². The van der Waals surface area contributed by atoms with Gasteiger partial charge in [0.15, 0.2) is 0 Å². The van der Waals surface area contributed by atoms with E-state index in [4.69, 9.17) is 9.47 Å². The van der Waals surface area contributed by atoms with E-state index in [9.17, 15) is 24.3 Å². The first-order chi connectivity index (χ1) is 24.3. The second-order valence-electron chi connectivity index (χ2n) is 13.8. The molecule has 0 aliphatic heterocycles. The SMILES string of the molecule is CC[C@H](C)[C@H](NC(=O)[C@H](Cc1ccccc1)NCC(O)[C@H](Cc1ccccc1)NC(=O)OC(C)(C)C)C(=O)N[C@@H](Cc1ccccc1)C(=O)OC. The van der Waals surface area contributed by atoms with Crippen LogP contribution in [-0.4, -0.2) is 78.5 Å². The van der Waals surface area contributed by atoms with Gasteiger partial charge in [-0.05, 0) is 56.2 Å². The van der Waals surface area contributed by atoms with E-state index in [1.165, 1.54) is 7.11 Å². The Bertz CT molecular complexity index is 1520. The predicted octanol–water partition coefficient (Wildman–Crippen LogP) is 4.12. The van der Waals surface area contributed by atoms with Crippen molar-refractivity contribution in [1.29, 1.82) is 0 Å². The number of hydrogen-bond acceptors (Lipinski definition) is 8. The van der Waals surface area contributed by atoms with Gasteiger partial charge < -0.3 is 35.8 Å². The first-order valence-electron chi connectivity index (χ1n) is 17.5. The summed E-state index contributed by atoms with van der Waals surface area (Å²) < 4.78 is 10.5. The van der Waals surface area contributed by atoms with Crippen LogP contribution in [0.15, 0.2) is 91.0 Å². The molecule has 0 aliphatic carbocycles. The van der Waals surface area contributed by atoms with Crippen molar-refractivity contribution in [3.8, 4) is 0 Å². The number of amides is 3. The molecule has 276 valence electrons. The van der Waals surface area contributed by atoms with Crippen LogP contribution in [0.25, 0.3) is 0 Å². The summed E-state index contributed by atoms with van der Waals surface area (Å²) in [6.07, 6.45) is -0.405. The Kier molecular flexibility index (Phi) is 16.1. The molecule has 0 saturated carbocycles. The van der Waals surface area contributed by atoms with Crippen molar-refractivity contribution in [3.05, 3.63) is 108 Å². The molecule has 3 amide bonds. The van der Waals surface area contributed by atoms with E-state index < -0.39 is 59.7 Å². The quantitative estimate of drug-likeness (QED) is 0.124. The molecule has 3 aromatic carbocycles. The average molecular weight is 703 g/mol. The highest BCUT2D eigenvalue weighted by atomic mass is 16.6. The number of aliphatic hydroxyl groups is 1. The summed E-state index contributed by atoms with van der Waals surface area (Å²) in [4.78, 5) is 53.3. The molecule has 3 aromatic rings. The van der Waals surface area contributed by atoms with Gasteiger partial charge in [-0.15, -0.1) is 0 Å². The fourth-order valence-electron chi connectivity index (χ4n) is 5.53. The lowest BCUT2D eigenvalue weighted by molar-refractivity contribution is -0.145. The van der Waals surface area contributed by atoms with Gasteiger partial charge in [0, 0.05) is 13.0 Å². The van der Waals surface area contributed by atoms with Gasteiger partial charge in [-0.1, -0.05) is 111 Å². The summed E-state index contributed by atoms with van der Waals surface area (Å²) >= 11 is 0. The molecular formula is C40H54N4O7. The van der Waals surface area contributed by atoms with Crippen molar-refractivity contribution in [2.75, 3.05) is 13.7 Å². The van der Waals surface area contributed by atoms with E-state index in [1.54, 1.807) is 20.8 Å². The van der Waals surface area contributed by atoms with Crippen molar-refractivity contribution in [1.82, 2.24) is 21.3 Å². The van der Waals surface area contributed by atoms with Crippen LogP contribution in [0.1, 0.15) is 57.7 Å². The molecule has 0 spiro atoms.